The van der Waals surface area contributed by atoms with Gasteiger partial charge in [0.1, 0.15) is 0 Å². The van der Waals surface area contributed by atoms with Crippen LogP contribution in [0.25, 0.3) is 0 Å². The lowest BCUT2D eigenvalue weighted by Crippen LogP contribution is -2.23. The molecule has 4 nitrogen and oxygen atoms in total. The van der Waals surface area contributed by atoms with Crippen molar-refractivity contribution < 1.29 is 9.53 Å². The zero-order valence-electron chi connectivity index (χ0n) is 11.8. The summed E-state index contributed by atoms with van der Waals surface area (Å²) in [4.78, 5) is 14.3. The molecule has 0 bridgehead atoms. The lowest BCUT2D eigenvalue weighted by atomic mass is 10.0. The molecule has 2 atom stereocenters. The number of hydrogen-bond donors (Lipinski definition) is 1. The van der Waals surface area contributed by atoms with Gasteiger partial charge in [0.05, 0.1) is 17.9 Å². The van der Waals surface area contributed by atoms with Crippen LogP contribution in [-0.2, 0) is 4.74 Å². The minimum absolute atomic E-state index is 0.294. The van der Waals surface area contributed by atoms with Crippen molar-refractivity contribution in [2.75, 3.05) is 30.3 Å². The van der Waals surface area contributed by atoms with Crippen LogP contribution in [0.3, 0.4) is 0 Å². The van der Waals surface area contributed by atoms with Gasteiger partial charge in [-0.1, -0.05) is 13.8 Å². The van der Waals surface area contributed by atoms with Crippen molar-refractivity contribution in [1.82, 2.24) is 0 Å². The molecule has 0 amide bonds. The number of nitrogens with zero attached hydrogens (tertiary/aromatic N) is 1. The van der Waals surface area contributed by atoms with Gasteiger partial charge in [-0.15, -0.1) is 0 Å². The van der Waals surface area contributed by atoms with Gasteiger partial charge in [0.2, 0.25) is 0 Å². The Hall–Kier alpha value is -1.71. The van der Waals surface area contributed by atoms with Crippen LogP contribution < -0.4 is 10.6 Å². The Balaban J connectivity index is 2.32. The number of nitrogen functional groups attached to an aromatic ring is 1. The van der Waals surface area contributed by atoms with Gasteiger partial charge < -0.3 is 15.4 Å². The maximum Gasteiger partial charge on any atom is 0.340 e. The van der Waals surface area contributed by atoms with Gasteiger partial charge in [0.25, 0.3) is 0 Å². The van der Waals surface area contributed by atoms with Crippen molar-refractivity contribution >= 4 is 17.3 Å². The molecule has 1 saturated heterocycles. The van der Waals surface area contributed by atoms with E-state index >= 15 is 0 Å². The van der Waals surface area contributed by atoms with Crippen molar-refractivity contribution in [3.63, 3.8) is 0 Å². The summed E-state index contributed by atoms with van der Waals surface area (Å²) in [6.07, 6.45) is 0. The zero-order chi connectivity index (χ0) is 14.0. The Morgan fingerprint density at radius 3 is 2.58 bits per heavy atom. The van der Waals surface area contributed by atoms with Crippen LogP contribution in [0.1, 0.15) is 31.1 Å². The highest BCUT2D eigenvalue weighted by Gasteiger charge is 2.28. The van der Waals surface area contributed by atoms with E-state index in [9.17, 15) is 4.79 Å². The van der Waals surface area contributed by atoms with E-state index in [-0.39, 0.29) is 5.97 Å². The summed E-state index contributed by atoms with van der Waals surface area (Å²) in [5.74, 6) is 0.970. The van der Waals surface area contributed by atoms with Crippen LogP contribution in [0.5, 0.6) is 0 Å². The average Bonchev–Trinajstić information content (AvgIpc) is 2.69. The highest BCUT2D eigenvalue weighted by atomic mass is 16.5. The molecular weight excluding hydrogens is 240 g/mol. The number of carbonyl (C=O) groups excluding carboxylic acids is 1. The van der Waals surface area contributed by atoms with Crippen LogP contribution in [0.15, 0.2) is 18.2 Å². The van der Waals surface area contributed by atoms with Crippen molar-refractivity contribution in [3.05, 3.63) is 23.8 Å². The van der Waals surface area contributed by atoms with Crippen LogP contribution in [0.2, 0.25) is 0 Å². The molecule has 0 aliphatic carbocycles. The minimum Gasteiger partial charge on any atom is -0.462 e. The largest absolute Gasteiger partial charge is 0.462 e. The lowest BCUT2D eigenvalue weighted by molar-refractivity contribution is 0.0527. The summed E-state index contributed by atoms with van der Waals surface area (Å²) in [5.41, 5.74) is 7.88. The first-order valence-corrected chi connectivity index (χ1v) is 6.84. The number of ether oxygens (including phenoxy) is 1. The normalized spacial score (nSPS) is 22.6. The van der Waals surface area contributed by atoms with E-state index < -0.39 is 0 Å². The SMILES string of the molecule is CCOC(=O)c1cc(N)ccc1N1CC(C)C(C)C1. The number of carbonyl (C=O) groups is 1. The van der Waals surface area contributed by atoms with Crippen molar-refractivity contribution in [1.29, 1.82) is 0 Å². The summed E-state index contributed by atoms with van der Waals surface area (Å²) < 4.78 is 5.12. The molecule has 0 radical (unpaired) electrons. The Labute approximate surface area is 114 Å². The van der Waals surface area contributed by atoms with E-state index in [1.807, 2.05) is 19.1 Å². The Bertz CT molecular complexity index is 463. The van der Waals surface area contributed by atoms with E-state index in [2.05, 4.69) is 18.7 Å². The van der Waals surface area contributed by atoms with E-state index in [0.29, 0.717) is 29.7 Å². The summed E-state index contributed by atoms with van der Waals surface area (Å²) in [6, 6.07) is 5.47. The van der Waals surface area contributed by atoms with E-state index in [0.717, 1.165) is 18.8 Å². The number of nitrogens with two attached hydrogens (primary N) is 1. The zero-order valence-corrected chi connectivity index (χ0v) is 11.8. The van der Waals surface area contributed by atoms with Crippen LogP contribution in [0, 0.1) is 11.8 Å². The third-order valence-electron chi connectivity index (χ3n) is 3.84. The highest BCUT2D eigenvalue weighted by molar-refractivity contribution is 5.97. The Morgan fingerprint density at radius 1 is 1.37 bits per heavy atom. The van der Waals surface area contributed by atoms with Gasteiger partial charge in [-0.05, 0) is 37.0 Å². The maximum absolute atomic E-state index is 12.0. The van der Waals surface area contributed by atoms with Crippen LogP contribution >= 0.6 is 0 Å². The highest BCUT2D eigenvalue weighted by Crippen LogP contribution is 2.31. The molecule has 1 aromatic carbocycles. The first-order chi connectivity index (χ1) is 9.02. The number of anilines is 2. The molecule has 2 unspecified atom stereocenters. The molecule has 2 N–H and O–H groups in total. The fraction of sp³-hybridized carbons (Fsp3) is 0.533. The molecule has 104 valence electrons. The molecule has 1 aromatic rings. The van der Waals surface area contributed by atoms with Gasteiger partial charge in [0.15, 0.2) is 0 Å². The Morgan fingerprint density at radius 2 is 2.00 bits per heavy atom. The lowest BCUT2D eigenvalue weighted by Gasteiger charge is -2.21. The molecule has 1 aliphatic heterocycles. The first-order valence-electron chi connectivity index (χ1n) is 6.84. The molecule has 4 heteroatoms. The molecule has 1 aliphatic rings. The minimum atomic E-state index is -0.294. The van der Waals surface area contributed by atoms with Gasteiger partial charge >= 0.3 is 5.97 Å². The predicted octanol–water partition coefficient (Wildman–Crippen LogP) is 2.54. The van der Waals surface area contributed by atoms with E-state index in [4.69, 9.17) is 10.5 Å². The first kappa shape index (κ1) is 13.7. The second-order valence-electron chi connectivity index (χ2n) is 5.36. The number of benzene rings is 1. The fourth-order valence-electron chi connectivity index (χ4n) is 2.53. The van der Waals surface area contributed by atoms with Gasteiger partial charge in [0, 0.05) is 18.8 Å². The Kier molecular flexibility index (Phi) is 3.98. The fourth-order valence-corrected chi connectivity index (χ4v) is 2.53. The standard InChI is InChI=1S/C15H22N2O2/c1-4-19-15(18)13-7-12(16)5-6-14(13)17-8-10(2)11(3)9-17/h5-7,10-11H,4,8-9,16H2,1-3H3. The third kappa shape index (κ3) is 2.83. The van der Waals surface area contributed by atoms with Crippen molar-refractivity contribution in [2.24, 2.45) is 11.8 Å². The molecule has 0 saturated carbocycles. The average molecular weight is 262 g/mol. The van der Waals surface area contributed by atoms with E-state index in [1.165, 1.54) is 0 Å². The van der Waals surface area contributed by atoms with Gasteiger partial charge in [-0.25, -0.2) is 4.79 Å². The number of esters is 1. The van der Waals surface area contributed by atoms with Crippen molar-refractivity contribution in [2.45, 2.75) is 20.8 Å². The molecule has 0 spiro atoms. The maximum atomic E-state index is 12.0. The van der Waals surface area contributed by atoms with E-state index in [1.54, 1.807) is 6.07 Å². The molecule has 0 aromatic heterocycles. The quantitative estimate of drug-likeness (QED) is 0.672. The summed E-state index contributed by atoms with van der Waals surface area (Å²) in [5, 5.41) is 0. The smallest absolute Gasteiger partial charge is 0.340 e. The molecule has 19 heavy (non-hydrogen) atoms. The predicted molar refractivity (Wildman–Crippen MR) is 77.4 cm³/mol. The molecule has 1 heterocycles. The van der Waals surface area contributed by atoms with Crippen LogP contribution in [-0.4, -0.2) is 25.7 Å². The van der Waals surface area contributed by atoms with Crippen LogP contribution in [0.4, 0.5) is 11.4 Å². The third-order valence-corrected chi connectivity index (χ3v) is 3.84. The second-order valence-corrected chi connectivity index (χ2v) is 5.36. The number of rotatable bonds is 3. The molecular formula is C15H22N2O2. The van der Waals surface area contributed by atoms with Crippen molar-refractivity contribution in [3.8, 4) is 0 Å². The van der Waals surface area contributed by atoms with Gasteiger partial charge in [-0.2, -0.15) is 0 Å². The summed E-state index contributed by atoms with van der Waals surface area (Å²) in [7, 11) is 0. The van der Waals surface area contributed by atoms with Gasteiger partial charge in [-0.3, -0.25) is 0 Å². The second kappa shape index (κ2) is 5.51. The number of hydrogen-bond acceptors (Lipinski definition) is 4. The monoisotopic (exact) mass is 262 g/mol. The summed E-state index contributed by atoms with van der Waals surface area (Å²) in [6.45, 7) is 8.61. The summed E-state index contributed by atoms with van der Waals surface area (Å²) >= 11 is 0. The molecule has 1 fully saturated rings. The topological polar surface area (TPSA) is 55.6 Å². The molecule has 2 rings (SSSR count).